The maximum absolute atomic E-state index is 11.5. The Kier molecular flexibility index (Phi) is 22.0. The van der Waals surface area contributed by atoms with Crippen molar-refractivity contribution in [1.29, 1.82) is 0 Å². The van der Waals surface area contributed by atoms with Crippen LogP contribution >= 0.6 is 0 Å². The van der Waals surface area contributed by atoms with Gasteiger partial charge >= 0.3 is 0 Å². The van der Waals surface area contributed by atoms with Crippen LogP contribution in [0.25, 0.3) is 0 Å². The summed E-state index contributed by atoms with van der Waals surface area (Å²) in [6.07, 6.45) is 4.22. The molecule has 0 radical (unpaired) electrons. The molecule has 0 aliphatic rings. The van der Waals surface area contributed by atoms with Gasteiger partial charge in [-0.15, -0.1) is 0 Å². The van der Waals surface area contributed by atoms with Crippen LogP contribution in [0.5, 0.6) is 34.5 Å². The van der Waals surface area contributed by atoms with Crippen molar-refractivity contribution in [3.63, 3.8) is 0 Å². The van der Waals surface area contributed by atoms with Gasteiger partial charge < -0.3 is 74.0 Å². The normalized spacial score (nSPS) is 14.0. The molecule has 6 aromatic carbocycles. The number of phenols is 6. The highest BCUT2D eigenvalue weighted by Gasteiger charge is 2.21. The van der Waals surface area contributed by atoms with Crippen LogP contribution in [0.3, 0.4) is 0 Å². The number of amides is 1. The van der Waals surface area contributed by atoms with Crippen molar-refractivity contribution >= 4 is 5.91 Å². The average molecular weight is 983 g/mol. The van der Waals surface area contributed by atoms with Crippen LogP contribution in [-0.2, 0) is 43.3 Å². The fourth-order valence-electron chi connectivity index (χ4n) is 8.71. The molecule has 72 heavy (non-hydrogen) atoms. The third-order valence-corrected chi connectivity index (χ3v) is 12.7. The molecule has 0 aliphatic carbocycles. The zero-order valence-electron chi connectivity index (χ0n) is 41.0. The van der Waals surface area contributed by atoms with Gasteiger partial charge in [-0.1, -0.05) is 72.8 Å². The first-order valence-electron chi connectivity index (χ1n) is 24.9. The molecule has 1 amide bonds. The van der Waals surface area contributed by atoms with Crippen LogP contribution in [0, 0.1) is 0 Å². The van der Waals surface area contributed by atoms with Gasteiger partial charge in [-0.05, 0) is 145 Å². The van der Waals surface area contributed by atoms with E-state index in [-0.39, 0.29) is 83.1 Å². The minimum Gasteiger partial charge on any atom is -0.508 e. The van der Waals surface area contributed by atoms with Crippen molar-refractivity contribution in [3.05, 3.63) is 179 Å². The minimum absolute atomic E-state index is 0.0217. The molecule has 384 valence electrons. The predicted octanol–water partition coefficient (Wildman–Crippen LogP) is 4.26. The summed E-state index contributed by atoms with van der Waals surface area (Å²) in [6, 6.07) is 43.0. The summed E-state index contributed by atoms with van der Waals surface area (Å²) in [7, 11) is 0. The summed E-state index contributed by atoms with van der Waals surface area (Å²) in [6.45, 7) is 3.95. The SMILES string of the molecule is NC(=O)CCNC[C@@H](Cc1ccc(O)cc1)NCC(Cc1ccc(O)cc1)NC[C@@H](Cc1ccc(O)cc1)NCC(Cc1ccc(O)cc1)NC[C@@H](Cc1ccc(O)cc1)NC[C@H](N)Cc1ccc(O)cc1. The standard InChI is InChI=1S/C57H74N8O7/c58-45(27-39-1-13-51(66)14-2-39)33-61-47(29-41-5-17-53(68)18-6-41)35-63-49(31-43-9-21-55(70)22-10-43)37-65-50(32-44-11-23-56(71)24-12-44)38-64-48(30-42-7-19-54(69)20-8-42)36-62-46(34-60-26-25-57(59)72)28-40-3-15-52(67)16-4-40/h1-24,45-50,60-71H,25-38,58H2,(H2,59,72)/t45-,46-,47-,48?,49?,50-/m1/s1. The van der Waals surface area contributed by atoms with E-state index in [1.807, 2.05) is 72.8 Å². The number of hydrogen-bond acceptors (Lipinski definition) is 14. The highest BCUT2D eigenvalue weighted by atomic mass is 16.3. The summed E-state index contributed by atoms with van der Waals surface area (Å²) in [5, 5.41) is 82.7. The molecule has 15 nitrogen and oxygen atoms in total. The molecule has 0 fully saturated rings. The fraction of sp³-hybridized carbons (Fsp3) is 0.351. The van der Waals surface area contributed by atoms with Gasteiger partial charge in [0.15, 0.2) is 0 Å². The Balaban J connectivity index is 1.19. The summed E-state index contributed by atoms with van der Waals surface area (Å²) in [5.74, 6) is 0.843. The van der Waals surface area contributed by atoms with Crippen LogP contribution in [0.2, 0.25) is 0 Å². The molecule has 2 unspecified atom stereocenters. The van der Waals surface area contributed by atoms with E-state index in [9.17, 15) is 35.4 Å². The van der Waals surface area contributed by atoms with E-state index in [0.29, 0.717) is 84.3 Å². The average Bonchev–Trinajstić information content (AvgIpc) is 3.37. The smallest absolute Gasteiger partial charge is 0.218 e. The Labute approximate surface area is 423 Å². The molecule has 6 rings (SSSR count). The third kappa shape index (κ3) is 20.6. The number of nitrogens with two attached hydrogens (primary N) is 2. The van der Waals surface area contributed by atoms with Gasteiger partial charge in [-0.2, -0.15) is 0 Å². The van der Waals surface area contributed by atoms with Crippen molar-refractivity contribution in [1.82, 2.24) is 31.9 Å². The highest BCUT2D eigenvalue weighted by molar-refractivity contribution is 5.73. The second kappa shape index (κ2) is 29.0. The summed E-state index contributed by atoms with van der Waals surface area (Å²) < 4.78 is 0. The number of aromatic hydroxyl groups is 6. The quantitative estimate of drug-likeness (QED) is 0.0264. The molecule has 6 aromatic rings. The maximum Gasteiger partial charge on any atom is 0.218 e. The van der Waals surface area contributed by atoms with Crippen LogP contribution in [0.1, 0.15) is 39.8 Å². The van der Waals surface area contributed by atoms with E-state index >= 15 is 0 Å². The Morgan fingerprint density at radius 1 is 0.347 bits per heavy atom. The minimum atomic E-state index is -0.368. The van der Waals surface area contributed by atoms with Gasteiger partial charge in [0.1, 0.15) is 34.5 Å². The topological polar surface area (TPSA) is 263 Å². The summed E-state index contributed by atoms with van der Waals surface area (Å²) in [4.78, 5) is 11.5. The Morgan fingerprint density at radius 3 is 0.819 bits per heavy atom. The van der Waals surface area contributed by atoms with E-state index in [0.717, 1.165) is 33.4 Å². The molecule has 0 aromatic heterocycles. The first kappa shape index (κ1) is 54.6. The number of phenolic OH excluding ortho intramolecular Hbond substituents is 6. The Hall–Kier alpha value is -6.69. The molecule has 0 spiro atoms. The van der Waals surface area contributed by atoms with Crippen molar-refractivity contribution < 1.29 is 35.4 Å². The maximum atomic E-state index is 11.5. The second-order valence-corrected chi connectivity index (χ2v) is 18.9. The van der Waals surface area contributed by atoms with E-state index in [1.165, 1.54) is 0 Å². The molecular weight excluding hydrogens is 909 g/mol. The molecule has 0 saturated carbocycles. The number of nitrogens with one attached hydrogen (secondary N) is 6. The summed E-state index contributed by atoms with van der Waals surface area (Å²) in [5.41, 5.74) is 18.4. The molecular formula is C57H74N8O7. The lowest BCUT2D eigenvalue weighted by Gasteiger charge is -2.29. The first-order valence-corrected chi connectivity index (χ1v) is 24.9. The number of hydrogen-bond donors (Lipinski definition) is 14. The lowest BCUT2D eigenvalue weighted by molar-refractivity contribution is -0.117. The highest BCUT2D eigenvalue weighted by Crippen LogP contribution is 2.18. The van der Waals surface area contributed by atoms with E-state index in [1.54, 1.807) is 72.8 Å². The van der Waals surface area contributed by atoms with Gasteiger partial charge in [0.2, 0.25) is 5.91 Å². The van der Waals surface area contributed by atoms with Crippen LogP contribution < -0.4 is 43.4 Å². The zero-order valence-corrected chi connectivity index (χ0v) is 41.0. The van der Waals surface area contributed by atoms with Crippen molar-refractivity contribution in [2.75, 3.05) is 45.8 Å². The zero-order chi connectivity index (χ0) is 51.1. The fourth-order valence-corrected chi connectivity index (χ4v) is 8.71. The number of primary amides is 1. The second-order valence-electron chi connectivity index (χ2n) is 18.9. The monoisotopic (exact) mass is 983 g/mol. The van der Waals surface area contributed by atoms with Gasteiger partial charge in [0.05, 0.1) is 0 Å². The predicted molar refractivity (Wildman–Crippen MR) is 284 cm³/mol. The Bertz CT molecular complexity index is 2460. The van der Waals surface area contributed by atoms with E-state index in [4.69, 9.17) is 11.5 Å². The number of benzene rings is 6. The van der Waals surface area contributed by atoms with Gasteiger partial charge in [-0.25, -0.2) is 0 Å². The van der Waals surface area contributed by atoms with Gasteiger partial charge in [-0.3, -0.25) is 4.79 Å². The third-order valence-electron chi connectivity index (χ3n) is 12.7. The molecule has 0 bridgehead atoms. The molecule has 15 heteroatoms. The van der Waals surface area contributed by atoms with Crippen LogP contribution in [-0.4, -0.2) is 119 Å². The van der Waals surface area contributed by atoms with Gasteiger partial charge in [0.25, 0.3) is 0 Å². The van der Waals surface area contributed by atoms with Crippen molar-refractivity contribution in [2.45, 2.75) is 81.2 Å². The molecule has 16 N–H and O–H groups in total. The van der Waals surface area contributed by atoms with Crippen molar-refractivity contribution in [2.24, 2.45) is 11.5 Å². The number of carbonyl (C=O) groups is 1. The molecule has 6 atom stereocenters. The number of carbonyl (C=O) groups excluding carboxylic acids is 1. The Morgan fingerprint density at radius 2 is 0.569 bits per heavy atom. The van der Waals surface area contributed by atoms with Gasteiger partial charge in [0, 0.05) is 88.5 Å². The van der Waals surface area contributed by atoms with E-state index in [2.05, 4.69) is 31.9 Å². The molecule has 0 aliphatic heterocycles. The largest absolute Gasteiger partial charge is 0.508 e. The van der Waals surface area contributed by atoms with Crippen LogP contribution in [0.15, 0.2) is 146 Å². The molecule has 0 heterocycles. The summed E-state index contributed by atoms with van der Waals surface area (Å²) >= 11 is 0. The molecule has 0 saturated heterocycles. The lowest BCUT2D eigenvalue weighted by Crippen LogP contribution is -2.53. The first-order chi connectivity index (χ1) is 34.8. The van der Waals surface area contributed by atoms with Crippen molar-refractivity contribution in [3.8, 4) is 34.5 Å². The van der Waals surface area contributed by atoms with E-state index < -0.39 is 0 Å². The lowest BCUT2D eigenvalue weighted by atomic mass is 10.0. The number of rotatable bonds is 32. The van der Waals surface area contributed by atoms with Crippen LogP contribution in [0.4, 0.5) is 0 Å².